The maximum Gasteiger partial charge on any atom is 0.0500 e. The van der Waals surface area contributed by atoms with E-state index < -0.39 is 0 Å². The average Bonchev–Trinajstić information content (AvgIpc) is 2.40. The van der Waals surface area contributed by atoms with Gasteiger partial charge in [0.1, 0.15) is 0 Å². The van der Waals surface area contributed by atoms with Crippen LogP contribution >= 0.6 is 35.0 Å². The van der Waals surface area contributed by atoms with Crippen molar-refractivity contribution in [3.8, 4) is 0 Å². The molecule has 1 heterocycles. The van der Waals surface area contributed by atoms with Crippen molar-refractivity contribution < 1.29 is 5.11 Å². The lowest BCUT2D eigenvalue weighted by atomic mass is 9.80. The van der Waals surface area contributed by atoms with Crippen LogP contribution in [0.3, 0.4) is 0 Å². The minimum absolute atomic E-state index is 0. The lowest BCUT2D eigenvalue weighted by Gasteiger charge is -2.43. The Hall–Kier alpha value is 0.120. The monoisotopic (exact) mass is 410 g/mol. The summed E-state index contributed by atoms with van der Waals surface area (Å²) in [4.78, 5) is 2.50. The summed E-state index contributed by atoms with van der Waals surface area (Å²) in [7, 11) is 0. The Kier molecular flexibility index (Phi) is 7.21. The van der Waals surface area contributed by atoms with E-state index in [0.717, 1.165) is 26.2 Å². The second-order valence-electron chi connectivity index (χ2n) is 5.89. The van der Waals surface area contributed by atoms with Gasteiger partial charge in [-0.25, -0.2) is 0 Å². The zero-order valence-electron chi connectivity index (χ0n) is 12.1. The van der Waals surface area contributed by atoms with Crippen molar-refractivity contribution in [2.24, 2.45) is 5.41 Å². The quantitative estimate of drug-likeness (QED) is 0.749. The predicted octanol–water partition coefficient (Wildman–Crippen LogP) is 2.68. The van der Waals surface area contributed by atoms with Crippen LogP contribution in [0.25, 0.3) is 0 Å². The number of hydrogen-bond donors (Lipinski definition) is 2. The zero-order valence-corrected chi connectivity index (χ0v) is 15.1. The minimum Gasteiger partial charge on any atom is -0.396 e. The first-order valence-electron chi connectivity index (χ1n) is 6.86. The van der Waals surface area contributed by atoms with E-state index in [1.165, 1.54) is 9.13 Å². The molecule has 3 nitrogen and oxygen atoms in total. The molecular weight excluding hydrogens is 387 g/mol. The summed E-state index contributed by atoms with van der Waals surface area (Å²) in [5.74, 6) is 0. The van der Waals surface area contributed by atoms with Crippen molar-refractivity contribution in [3.63, 3.8) is 0 Å². The van der Waals surface area contributed by atoms with Gasteiger partial charge in [-0.15, -0.1) is 12.4 Å². The van der Waals surface area contributed by atoms with Crippen molar-refractivity contribution >= 4 is 35.0 Å². The molecule has 20 heavy (non-hydrogen) atoms. The minimum atomic E-state index is -0.137. The van der Waals surface area contributed by atoms with Crippen LogP contribution in [0.4, 0.5) is 0 Å². The van der Waals surface area contributed by atoms with E-state index in [0.29, 0.717) is 0 Å². The first kappa shape index (κ1) is 18.2. The van der Waals surface area contributed by atoms with E-state index in [2.05, 4.69) is 70.9 Å². The van der Waals surface area contributed by atoms with E-state index in [1.54, 1.807) is 0 Å². The maximum atomic E-state index is 9.78. The molecule has 0 aromatic heterocycles. The summed E-state index contributed by atoms with van der Waals surface area (Å²) >= 11 is 2.36. The molecular formula is C15H24ClIN2O. The highest BCUT2D eigenvalue weighted by Gasteiger charge is 2.35. The number of nitrogens with zero attached hydrogens (tertiary/aromatic N) is 1. The van der Waals surface area contributed by atoms with Crippen molar-refractivity contribution in [1.82, 2.24) is 10.2 Å². The lowest BCUT2D eigenvalue weighted by molar-refractivity contribution is 0.0305. The third-order valence-corrected chi connectivity index (χ3v) is 4.50. The molecule has 0 spiro atoms. The molecule has 2 N–H and O–H groups in total. The standard InChI is InChI=1S/C15H23IN2O.ClH/c1-15(2,11-19)14(18-8-6-17-7-9-18)12-4-3-5-13(16)10-12;/h3-5,10,14,17,19H,6-9,11H2,1-2H3;1H/t14-;/m1./s1. The van der Waals surface area contributed by atoms with Crippen LogP contribution in [0.1, 0.15) is 25.5 Å². The third kappa shape index (κ3) is 4.31. The lowest BCUT2D eigenvalue weighted by Crippen LogP contribution is -2.49. The Labute approximate surface area is 141 Å². The summed E-state index contributed by atoms with van der Waals surface area (Å²) in [6, 6.07) is 8.93. The van der Waals surface area contributed by atoms with Crippen molar-refractivity contribution in [2.75, 3.05) is 32.8 Å². The fourth-order valence-electron chi connectivity index (χ4n) is 2.86. The fourth-order valence-corrected chi connectivity index (χ4v) is 3.43. The van der Waals surface area contributed by atoms with Crippen LogP contribution < -0.4 is 5.32 Å². The van der Waals surface area contributed by atoms with E-state index in [4.69, 9.17) is 0 Å². The average molecular weight is 411 g/mol. The largest absolute Gasteiger partial charge is 0.396 e. The molecule has 1 aliphatic heterocycles. The molecule has 1 aliphatic rings. The number of aliphatic hydroxyl groups is 1. The highest BCUT2D eigenvalue weighted by Crippen LogP contribution is 2.38. The summed E-state index contributed by atoms with van der Waals surface area (Å²) < 4.78 is 1.25. The molecule has 1 fully saturated rings. The van der Waals surface area contributed by atoms with Crippen LogP contribution in [0, 0.1) is 8.99 Å². The van der Waals surface area contributed by atoms with Crippen molar-refractivity contribution in [3.05, 3.63) is 33.4 Å². The normalized spacial score (nSPS) is 18.4. The SMILES string of the molecule is CC(C)(CO)[C@@H](c1cccc(I)c1)N1CCNCC1.Cl. The van der Waals surface area contributed by atoms with Crippen LogP contribution in [-0.2, 0) is 0 Å². The third-order valence-electron chi connectivity index (χ3n) is 3.83. The molecule has 0 aliphatic carbocycles. The van der Waals surface area contributed by atoms with Gasteiger partial charge in [0.25, 0.3) is 0 Å². The summed E-state index contributed by atoms with van der Waals surface area (Å²) in [5, 5.41) is 13.2. The first-order valence-corrected chi connectivity index (χ1v) is 7.93. The van der Waals surface area contributed by atoms with Crippen LogP contribution in [0.15, 0.2) is 24.3 Å². The van der Waals surface area contributed by atoms with Gasteiger partial charge in [0.05, 0.1) is 0 Å². The molecule has 0 unspecified atom stereocenters. The number of aliphatic hydroxyl groups excluding tert-OH is 1. The van der Waals surface area contributed by atoms with Gasteiger partial charge in [0.2, 0.25) is 0 Å². The number of hydrogen-bond acceptors (Lipinski definition) is 3. The van der Waals surface area contributed by atoms with Crippen molar-refractivity contribution in [2.45, 2.75) is 19.9 Å². The molecule has 1 aromatic rings. The van der Waals surface area contributed by atoms with Crippen molar-refractivity contribution in [1.29, 1.82) is 0 Å². The van der Waals surface area contributed by atoms with Gasteiger partial charge in [0, 0.05) is 47.8 Å². The molecule has 1 atom stereocenters. The maximum absolute atomic E-state index is 9.78. The molecule has 0 saturated carbocycles. The molecule has 1 aromatic carbocycles. The summed E-state index contributed by atoms with van der Waals surface area (Å²) in [5.41, 5.74) is 1.18. The van der Waals surface area contributed by atoms with Gasteiger partial charge >= 0.3 is 0 Å². The van der Waals surface area contributed by atoms with E-state index >= 15 is 0 Å². The van der Waals surface area contributed by atoms with Gasteiger partial charge in [-0.05, 0) is 40.3 Å². The van der Waals surface area contributed by atoms with Crippen LogP contribution in [-0.4, -0.2) is 42.8 Å². The van der Waals surface area contributed by atoms with Gasteiger partial charge in [-0.2, -0.15) is 0 Å². The molecule has 2 rings (SSSR count). The van der Waals surface area contributed by atoms with Gasteiger partial charge < -0.3 is 10.4 Å². The molecule has 1 saturated heterocycles. The van der Waals surface area contributed by atoms with Crippen LogP contribution in [0.2, 0.25) is 0 Å². The first-order chi connectivity index (χ1) is 9.04. The van der Waals surface area contributed by atoms with E-state index in [9.17, 15) is 5.11 Å². The Morgan fingerprint density at radius 2 is 2.00 bits per heavy atom. The Morgan fingerprint density at radius 3 is 2.55 bits per heavy atom. The smallest absolute Gasteiger partial charge is 0.0500 e. The Balaban J connectivity index is 0.00000200. The highest BCUT2D eigenvalue weighted by atomic mass is 127. The van der Waals surface area contributed by atoms with E-state index in [1.807, 2.05) is 0 Å². The molecule has 0 bridgehead atoms. The Bertz CT molecular complexity index is 422. The number of nitrogens with one attached hydrogen (secondary N) is 1. The van der Waals surface area contributed by atoms with Gasteiger partial charge in [-0.1, -0.05) is 26.0 Å². The highest BCUT2D eigenvalue weighted by molar-refractivity contribution is 14.1. The topological polar surface area (TPSA) is 35.5 Å². The number of benzene rings is 1. The summed E-state index contributed by atoms with van der Waals surface area (Å²) in [6.45, 7) is 8.65. The zero-order chi connectivity index (χ0) is 13.9. The second kappa shape index (κ2) is 7.94. The molecule has 5 heteroatoms. The van der Waals surface area contributed by atoms with Gasteiger partial charge in [-0.3, -0.25) is 4.90 Å². The van der Waals surface area contributed by atoms with E-state index in [-0.39, 0.29) is 30.5 Å². The molecule has 0 radical (unpaired) electrons. The molecule has 0 amide bonds. The summed E-state index contributed by atoms with van der Waals surface area (Å²) in [6.07, 6.45) is 0. The second-order valence-corrected chi connectivity index (χ2v) is 7.14. The number of halogens is 2. The number of piperazine rings is 1. The predicted molar refractivity (Wildman–Crippen MR) is 94.5 cm³/mol. The molecule has 114 valence electrons. The van der Waals surface area contributed by atoms with Gasteiger partial charge in [0.15, 0.2) is 0 Å². The Morgan fingerprint density at radius 1 is 1.35 bits per heavy atom. The fraction of sp³-hybridized carbons (Fsp3) is 0.600. The number of rotatable bonds is 4. The van der Waals surface area contributed by atoms with Crippen LogP contribution in [0.5, 0.6) is 0 Å².